The van der Waals surface area contributed by atoms with Crippen LogP contribution in [0, 0.1) is 5.82 Å². The molecule has 3 rings (SSSR count). The third-order valence-corrected chi connectivity index (χ3v) is 2.95. The van der Waals surface area contributed by atoms with Gasteiger partial charge in [-0.1, -0.05) is 18.2 Å². The van der Waals surface area contributed by atoms with Crippen LogP contribution >= 0.6 is 0 Å². The van der Waals surface area contributed by atoms with E-state index in [0.717, 1.165) is 4.52 Å². The molecule has 2 aromatic heterocycles. The number of alkyl halides is 3. The van der Waals surface area contributed by atoms with Gasteiger partial charge in [0, 0.05) is 23.4 Å². The first kappa shape index (κ1) is 13.3. The van der Waals surface area contributed by atoms with Gasteiger partial charge in [0.05, 0.1) is 0 Å². The van der Waals surface area contributed by atoms with Crippen molar-refractivity contribution in [1.29, 1.82) is 0 Å². The van der Waals surface area contributed by atoms with Crippen molar-refractivity contribution in [2.75, 3.05) is 0 Å². The molecule has 1 N–H and O–H groups in total. The van der Waals surface area contributed by atoms with Crippen LogP contribution < -0.4 is 5.56 Å². The van der Waals surface area contributed by atoms with E-state index in [0.29, 0.717) is 6.07 Å². The molecule has 0 saturated carbocycles. The highest BCUT2D eigenvalue weighted by atomic mass is 19.4. The molecule has 1 aromatic carbocycles. The van der Waals surface area contributed by atoms with E-state index in [9.17, 15) is 22.4 Å². The van der Waals surface area contributed by atoms with Gasteiger partial charge >= 0.3 is 6.18 Å². The average molecular weight is 297 g/mol. The van der Waals surface area contributed by atoms with Gasteiger partial charge in [-0.15, -0.1) is 0 Å². The van der Waals surface area contributed by atoms with Gasteiger partial charge in [-0.3, -0.25) is 9.89 Å². The average Bonchev–Trinajstić information content (AvgIpc) is 2.82. The largest absolute Gasteiger partial charge is 0.433 e. The van der Waals surface area contributed by atoms with E-state index < -0.39 is 23.2 Å². The van der Waals surface area contributed by atoms with Crippen molar-refractivity contribution in [2.24, 2.45) is 0 Å². The fourth-order valence-electron chi connectivity index (χ4n) is 2.00. The fraction of sp³-hybridized carbons (Fsp3) is 0.0769. The van der Waals surface area contributed by atoms with E-state index in [1.54, 1.807) is 0 Å². The zero-order chi connectivity index (χ0) is 15.2. The molecular weight excluding hydrogens is 290 g/mol. The van der Waals surface area contributed by atoms with Crippen LogP contribution in [0.25, 0.3) is 16.8 Å². The van der Waals surface area contributed by atoms with E-state index in [1.165, 1.54) is 30.5 Å². The second kappa shape index (κ2) is 4.44. The van der Waals surface area contributed by atoms with Gasteiger partial charge in [0.2, 0.25) is 0 Å². The molecule has 21 heavy (non-hydrogen) atoms. The molecule has 8 heteroatoms. The van der Waals surface area contributed by atoms with E-state index >= 15 is 0 Å². The number of rotatable bonds is 1. The van der Waals surface area contributed by atoms with Crippen molar-refractivity contribution in [1.82, 2.24) is 14.6 Å². The highest BCUT2D eigenvalue weighted by Gasteiger charge is 2.34. The quantitative estimate of drug-likeness (QED) is 0.702. The Morgan fingerprint density at radius 1 is 1.14 bits per heavy atom. The highest BCUT2D eigenvalue weighted by Crippen LogP contribution is 2.29. The number of benzene rings is 1. The van der Waals surface area contributed by atoms with Crippen LogP contribution in [0.2, 0.25) is 0 Å². The number of nitrogens with one attached hydrogen (secondary N) is 1. The van der Waals surface area contributed by atoms with Crippen LogP contribution in [-0.2, 0) is 6.18 Å². The summed E-state index contributed by atoms with van der Waals surface area (Å²) in [4.78, 5) is 15.1. The van der Waals surface area contributed by atoms with Crippen LogP contribution in [0.4, 0.5) is 17.6 Å². The van der Waals surface area contributed by atoms with Crippen molar-refractivity contribution >= 4 is 5.65 Å². The standard InChI is InChI=1S/C13H7F4N3O/c14-9-4-2-1-3-7(9)8-6-18-20-11(21)5-10(13(15,16)17)19-12(8)20/h1-6,18H. The molecule has 0 fully saturated rings. The smallest absolute Gasteiger partial charge is 0.296 e. The molecule has 0 aliphatic rings. The molecule has 0 radical (unpaired) electrons. The molecule has 108 valence electrons. The van der Waals surface area contributed by atoms with Crippen molar-refractivity contribution < 1.29 is 17.6 Å². The second-order valence-electron chi connectivity index (χ2n) is 4.30. The number of hydrogen-bond donors (Lipinski definition) is 1. The topological polar surface area (TPSA) is 50.2 Å². The van der Waals surface area contributed by atoms with E-state index in [1.807, 2.05) is 0 Å². The number of aromatic amines is 1. The maximum absolute atomic E-state index is 13.8. The molecule has 0 atom stereocenters. The van der Waals surface area contributed by atoms with E-state index in [2.05, 4.69) is 10.1 Å². The first-order valence-electron chi connectivity index (χ1n) is 5.81. The lowest BCUT2D eigenvalue weighted by Gasteiger charge is -2.06. The first-order valence-corrected chi connectivity index (χ1v) is 5.81. The Labute approximate surface area is 114 Å². The van der Waals surface area contributed by atoms with E-state index in [4.69, 9.17) is 0 Å². The van der Waals surface area contributed by atoms with Gasteiger partial charge in [0.1, 0.15) is 5.82 Å². The summed E-state index contributed by atoms with van der Waals surface area (Å²) < 4.78 is 52.8. The first-order chi connectivity index (χ1) is 9.88. The normalized spacial score (nSPS) is 12.0. The molecule has 0 spiro atoms. The molecule has 0 amide bonds. The predicted octanol–water partition coefficient (Wildman–Crippen LogP) is 2.85. The molecule has 0 aliphatic heterocycles. The zero-order valence-corrected chi connectivity index (χ0v) is 10.3. The van der Waals surface area contributed by atoms with E-state index in [-0.39, 0.29) is 16.8 Å². The van der Waals surface area contributed by atoms with Crippen molar-refractivity contribution in [3.63, 3.8) is 0 Å². The van der Waals surface area contributed by atoms with Gasteiger partial charge in [-0.05, 0) is 6.07 Å². The molecule has 0 aliphatic carbocycles. The van der Waals surface area contributed by atoms with Gasteiger partial charge < -0.3 is 0 Å². The fourth-order valence-corrected chi connectivity index (χ4v) is 2.00. The summed E-state index contributed by atoms with van der Waals surface area (Å²) in [5.41, 5.74) is -2.38. The Morgan fingerprint density at radius 2 is 1.86 bits per heavy atom. The summed E-state index contributed by atoms with van der Waals surface area (Å²) in [7, 11) is 0. The summed E-state index contributed by atoms with van der Waals surface area (Å²) in [6, 6.07) is 5.94. The molecule has 0 unspecified atom stereocenters. The van der Waals surface area contributed by atoms with Gasteiger partial charge in [-0.2, -0.15) is 13.2 Å². The third kappa shape index (κ3) is 2.18. The van der Waals surface area contributed by atoms with Crippen LogP contribution in [0.5, 0.6) is 0 Å². The molecular formula is C13H7F4N3O. The Kier molecular flexibility index (Phi) is 2.82. The lowest BCUT2D eigenvalue weighted by atomic mass is 10.1. The number of hydrogen-bond acceptors (Lipinski definition) is 2. The number of nitrogens with zero attached hydrogens (tertiary/aromatic N) is 2. The molecule has 0 bridgehead atoms. The summed E-state index contributed by atoms with van der Waals surface area (Å²) in [6.07, 6.45) is -3.51. The Bertz CT molecular complexity index is 879. The summed E-state index contributed by atoms with van der Waals surface area (Å²) in [6.45, 7) is 0. The summed E-state index contributed by atoms with van der Waals surface area (Å²) in [5, 5.41) is 2.47. The second-order valence-corrected chi connectivity index (χ2v) is 4.30. The Hall–Kier alpha value is -2.64. The van der Waals surface area contributed by atoms with Crippen LogP contribution in [0.3, 0.4) is 0 Å². The lowest BCUT2D eigenvalue weighted by molar-refractivity contribution is -0.141. The molecule has 2 heterocycles. The number of halogens is 4. The predicted molar refractivity (Wildman–Crippen MR) is 66.2 cm³/mol. The van der Waals surface area contributed by atoms with Crippen LogP contribution in [0.1, 0.15) is 5.69 Å². The lowest BCUT2D eigenvalue weighted by Crippen LogP contribution is -2.19. The maximum Gasteiger partial charge on any atom is 0.433 e. The molecule has 3 aromatic rings. The van der Waals surface area contributed by atoms with Gasteiger partial charge in [-0.25, -0.2) is 13.9 Å². The Morgan fingerprint density at radius 3 is 2.52 bits per heavy atom. The minimum atomic E-state index is -4.75. The summed E-state index contributed by atoms with van der Waals surface area (Å²) in [5.74, 6) is -0.620. The number of fused-ring (bicyclic) bond motifs is 1. The molecule has 0 saturated heterocycles. The zero-order valence-electron chi connectivity index (χ0n) is 10.3. The van der Waals surface area contributed by atoms with Crippen LogP contribution in [0.15, 0.2) is 41.3 Å². The van der Waals surface area contributed by atoms with Crippen molar-refractivity contribution in [2.45, 2.75) is 6.18 Å². The summed E-state index contributed by atoms with van der Waals surface area (Å²) >= 11 is 0. The van der Waals surface area contributed by atoms with Crippen LogP contribution in [-0.4, -0.2) is 14.6 Å². The van der Waals surface area contributed by atoms with Crippen molar-refractivity contribution in [3.05, 3.63) is 58.4 Å². The minimum absolute atomic E-state index is 0.0578. The molecule has 4 nitrogen and oxygen atoms in total. The SMILES string of the molecule is O=c1cc(C(F)(F)F)nc2c(-c3ccccc3F)c[nH]n12. The van der Waals surface area contributed by atoms with Gasteiger partial charge in [0.25, 0.3) is 5.56 Å². The highest BCUT2D eigenvalue weighted by molar-refractivity contribution is 5.77. The number of aromatic nitrogens is 3. The van der Waals surface area contributed by atoms with Gasteiger partial charge in [0.15, 0.2) is 11.3 Å². The minimum Gasteiger partial charge on any atom is -0.296 e. The third-order valence-electron chi connectivity index (χ3n) is 2.95. The maximum atomic E-state index is 13.8. The Balaban J connectivity index is 2.34. The monoisotopic (exact) mass is 297 g/mol. The number of H-pyrrole nitrogens is 1. The van der Waals surface area contributed by atoms with Crippen molar-refractivity contribution in [3.8, 4) is 11.1 Å².